The van der Waals surface area contributed by atoms with Gasteiger partial charge in [-0.15, -0.1) is 0 Å². The third kappa shape index (κ3) is 12.5. The van der Waals surface area contributed by atoms with E-state index in [1.807, 2.05) is 13.8 Å². The Bertz CT molecular complexity index is 2060. The molecule has 4 rings (SSSR count). The van der Waals surface area contributed by atoms with Gasteiger partial charge in [0.15, 0.2) is 34.6 Å². The lowest BCUT2D eigenvalue weighted by Gasteiger charge is -2.19. The number of carbonyl (C=O) groups excluding carboxylic acids is 3. The summed E-state index contributed by atoms with van der Waals surface area (Å²) in [5.74, 6) is 1.23. The van der Waals surface area contributed by atoms with Crippen molar-refractivity contribution in [3.8, 4) is 63.2 Å². The Morgan fingerprint density at radius 2 is 1.25 bits per heavy atom. The van der Waals surface area contributed by atoms with E-state index in [1.54, 1.807) is 37.4 Å². The number of rotatable bonds is 18. The molecule has 0 bridgehead atoms. The first-order valence-corrected chi connectivity index (χ1v) is 18.6. The van der Waals surface area contributed by atoms with Gasteiger partial charge in [0.2, 0.25) is 5.75 Å². The van der Waals surface area contributed by atoms with E-state index in [4.69, 9.17) is 37.9 Å². The Morgan fingerprint density at radius 1 is 0.633 bits per heavy atom. The molecule has 0 aliphatic heterocycles. The van der Waals surface area contributed by atoms with Gasteiger partial charge in [0, 0.05) is 35.7 Å². The highest BCUT2D eigenvalue weighted by Crippen LogP contribution is 2.41. The van der Waals surface area contributed by atoms with Crippen LogP contribution in [0.15, 0.2) is 48.5 Å². The van der Waals surface area contributed by atoms with Crippen LogP contribution in [0.5, 0.6) is 63.2 Å². The molecule has 0 spiro atoms. The van der Waals surface area contributed by atoms with E-state index < -0.39 is 12.1 Å². The Morgan fingerprint density at radius 3 is 1.77 bits per heavy atom. The van der Waals surface area contributed by atoms with Gasteiger partial charge >= 0.3 is 5.97 Å². The zero-order valence-electron chi connectivity index (χ0n) is 35.9. The van der Waals surface area contributed by atoms with Gasteiger partial charge in [-0.05, 0) is 38.0 Å². The molecular weight excluding hydrogens is 784 g/mol. The number of Topliss-reactive ketones (excluding diaryl/α,β-unsaturated/α-hetero) is 2. The predicted octanol–water partition coefficient (Wildman–Crippen LogP) is 7.27. The van der Waals surface area contributed by atoms with E-state index in [2.05, 4.69) is 4.74 Å². The first kappa shape index (κ1) is 49.6. The highest BCUT2D eigenvalue weighted by atomic mass is 16.5. The SMILES string of the molecule is CCCC(=O)c1c(OC)cc(OC)c(CCC)c1O.COC(=O)c1cc(O)c(OCC(O)c2cccc(OC)c2OC)c(OC)c1.COc1cc(O)c(C(C)=O)c(OC)c1. The normalized spacial score (nSPS) is 10.7. The van der Waals surface area contributed by atoms with Gasteiger partial charge in [-0.3, -0.25) is 9.59 Å². The monoisotopic (exact) mass is 840 g/mol. The van der Waals surface area contributed by atoms with Crippen molar-refractivity contribution in [3.63, 3.8) is 0 Å². The lowest BCUT2D eigenvalue weighted by molar-refractivity contribution is 0.0598. The maximum Gasteiger partial charge on any atom is 0.338 e. The number of carbonyl (C=O) groups is 3. The van der Waals surface area contributed by atoms with E-state index in [1.165, 1.54) is 74.9 Å². The van der Waals surface area contributed by atoms with Crippen LogP contribution in [-0.2, 0) is 11.2 Å². The van der Waals surface area contributed by atoms with Crippen LogP contribution in [0.1, 0.15) is 88.3 Å². The zero-order valence-corrected chi connectivity index (χ0v) is 35.9. The Kier molecular flexibility index (Phi) is 20.2. The van der Waals surface area contributed by atoms with Crippen molar-refractivity contribution in [1.82, 2.24) is 0 Å². The third-order valence-electron chi connectivity index (χ3n) is 8.74. The molecule has 0 saturated carbocycles. The number of aromatic hydroxyl groups is 3. The van der Waals surface area contributed by atoms with Crippen molar-refractivity contribution in [2.75, 3.05) is 63.5 Å². The van der Waals surface area contributed by atoms with Crippen molar-refractivity contribution in [3.05, 3.63) is 76.3 Å². The number of methoxy groups -OCH3 is 8. The highest BCUT2D eigenvalue weighted by molar-refractivity contribution is 6.02. The molecule has 0 aliphatic carbocycles. The number of benzene rings is 4. The minimum atomic E-state index is -1.07. The number of hydrogen-bond donors (Lipinski definition) is 4. The van der Waals surface area contributed by atoms with Gasteiger partial charge < -0.3 is 63.1 Å². The van der Waals surface area contributed by atoms with Crippen molar-refractivity contribution in [1.29, 1.82) is 0 Å². The Balaban J connectivity index is 0.000000329. The lowest BCUT2D eigenvalue weighted by Crippen LogP contribution is -2.12. The molecule has 0 aliphatic rings. The molecule has 0 fully saturated rings. The van der Waals surface area contributed by atoms with E-state index >= 15 is 0 Å². The fraction of sp³-hybridized carbons (Fsp3) is 0.386. The molecule has 4 aromatic carbocycles. The van der Waals surface area contributed by atoms with Crippen LogP contribution in [-0.4, -0.2) is 101 Å². The number of ketones is 2. The van der Waals surface area contributed by atoms with E-state index in [-0.39, 0.29) is 63.6 Å². The summed E-state index contributed by atoms with van der Waals surface area (Å²) in [4.78, 5) is 34.9. The average Bonchev–Trinajstić information content (AvgIpc) is 3.25. The highest BCUT2D eigenvalue weighted by Gasteiger charge is 2.24. The molecule has 328 valence electrons. The van der Waals surface area contributed by atoms with Gasteiger partial charge in [-0.1, -0.05) is 32.4 Å². The molecular formula is C44H56O16. The lowest BCUT2D eigenvalue weighted by atomic mass is 9.98. The number of phenols is 3. The number of para-hydroxylation sites is 1. The summed E-state index contributed by atoms with van der Waals surface area (Å²) >= 11 is 0. The summed E-state index contributed by atoms with van der Waals surface area (Å²) in [5.41, 5.74) is 1.68. The number of esters is 1. The number of hydrogen-bond acceptors (Lipinski definition) is 16. The van der Waals surface area contributed by atoms with E-state index in [9.17, 15) is 34.8 Å². The van der Waals surface area contributed by atoms with Crippen molar-refractivity contribution >= 4 is 17.5 Å². The molecule has 0 amide bonds. The maximum absolute atomic E-state index is 12.1. The van der Waals surface area contributed by atoms with E-state index in [0.717, 1.165) is 12.8 Å². The number of ether oxygens (including phenoxy) is 9. The Labute approximate surface area is 350 Å². The average molecular weight is 841 g/mol. The van der Waals surface area contributed by atoms with Crippen LogP contribution >= 0.6 is 0 Å². The zero-order chi connectivity index (χ0) is 45.1. The number of phenolic OH excluding ortho intramolecular Hbond substituents is 3. The Hall–Kier alpha value is -6.55. The van der Waals surface area contributed by atoms with Crippen LogP contribution in [0.25, 0.3) is 0 Å². The molecule has 60 heavy (non-hydrogen) atoms. The molecule has 16 nitrogen and oxygen atoms in total. The largest absolute Gasteiger partial charge is 0.507 e. The van der Waals surface area contributed by atoms with Gasteiger partial charge in [0.05, 0.1) is 62.4 Å². The molecule has 4 aromatic rings. The van der Waals surface area contributed by atoms with Crippen LogP contribution in [0.2, 0.25) is 0 Å². The number of aliphatic hydroxyl groups excluding tert-OH is 1. The first-order valence-electron chi connectivity index (χ1n) is 18.6. The maximum atomic E-state index is 12.1. The third-order valence-corrected chi connectivity index (χ3v) is 8.74. The van der Waals surface area contributed by atoms with Gasteiger partial charge in [0.25, 0.3) is 0 Å². The van der Waals surface area contributed by atoms with Crippen LogP contribution in [0.4, 0.5) is 0 Å². The summed E-state index contributed by atoms with van der Waals surface area (Å²) < 4.78 is 46.2. The van der Waals surface area contributed by atoms with Gasteiger partial charge in [-0.2, -0.15) is 0 Å². The minimum absolute atomic E-state index is 0.00324. The topological polar surface area (TPSA) is 215 Å². The molecule has 0 heterocycles. The summed E-state index contributed by atoms with van der Waals surface area (Å²) in [6.45, 7) is 5.10. The molecule has 16 heteroatoms. The molecule has 0 aromatic heterocycles. The van der Waals surface area contributed by atoms with Crippen molar-refractivity contribution in [2.24, 2.45) is 0 Å². The molecule has 4 N–H and O–H groups in total. The molecule has 1 unspecified atom stereocenters. The van der Waals surface area contributed by atoms with Crippen LogP contribution in [0.3, 0.4) is 0 Å². The number of aliphatic hydroxyl groups is 1. The standard InChI is InChI=1S/C19H22O8.C15H22O4.C10H12O4/c1-23-15-7-5-6-12(17(15)25-3)14(21)10-27-18-13(20)8-11(19(22)26-4)9-16(18)24-2;1-5-7-10-12(18-3)9-13(19-4)14(15(10)17)11(16)8-6-2;1-6(11)10-8(12)4-7(13-2)5-9(10)14-3/h5-9,14,20-21H,10H2,1-4H3;9,17H,5-8H2,1-4H3;4-5,12H,1-3H3. The second-order valence-electron chi connectivity index (χ2n) is 12.6. The fourth-order valence-corrected chi connectivity index (χ4v) is 5.87. The van der Waals surface area contributed by atoms with Crippen LogP contribution in [0, 0.1) is 0 Å². The predicted molar refractivity (Wildman–Crippen MR) is 222 cm³/mol. The van der Waals surface area contributed by atoms with E-state index in [0.29, 0.717) is 58.5 Å². The minimum Gasteiger partial charge on any atom is -0.507 e. The summed E-state index contributed by atoms with van der Waals surface area (Å²) in [6, 6.07) is 12.3. The smallest absolute Gasteiger partial charge is 0.338 e. The summed E-state index contributed by atoms with van der Waals surface area (Å²) in [6.07, 6.45) is 1.57. The quantitative estimate of drug-likeness (QED) is 0.0572. The second-order valence-corrected chi connectivity index (χ2v) is 12.6. The van der Waals surface area contributed by atoms with Gasteiger partial charge in [-0.25, -0.2) is 4.79 Å². The fourth-order valence-electron chi connectivity index (χ4n) is 5.87. The molecule has 1 atom stereocenters. The van der Waals surface area contributed by atoms with Gasteiger partial charge in [0.1, 0.15) is 58.3 Å². The molecule has 0 radical (unpaired) electrons. The van der Waals surface area contributed by atoms with Crippen molar-refractivity contribution in [2.45, 2.75) is 52.6 Å². The first-order chi connectivity index (χ1) is 28.7. The summed E-state index contributed by atoms with van der Waals surface area (Å²) in [5, 5.41) is 40.6. The van der Waals surface area contributed by atoms with Crippen molar-refractivity contribution < 1.29 is 77.4 Å². The molecule has 0 saturated heterocycles. The summed E-state index contributed by atoms with van der Waals surface area (Å²) in [7, 11) is 11.5. The van der Waals surface area contributed by atoms with Crippen LogP contribution < -0.4 is 37.9 Å². The second kappa shape index (κ2) is 24.4.